The fourth-order valence-corrected chi connectivity index (χ4v) is 2.11. The molecule has 1 saturated carbocycles. The minimum atomic E-state index is -1.21. The van der Waals surface area contributed by atoms with Crippen LogP contribution in [0.25, 0.3) is 0 Å². The Balaban J connectivity index is 2.59. The third-order valence-electron chi connectivity index (χ3n) is 2.93. The lowest BCUT2D eigenvalue weighted by Gasteiger charge is -2.35. The van der Waals surface area contributed by atoms with E-state index in [0.717, 1.165) is 6.07 Å². The number of nitrogens with zero attached hydrogens (tertiary/aromatic N) is 1. The van der Waals surface area contributed by atoms with E-state index in [1.165, 1.54) is 7.11 Å². The first-order valence-electron chi connectivity index (χ1n) is 4.99. The monoisotopic (exact) mass is 237 g/mol. The van der Waals surface area contributed by atoms with E-state index in [2.05, 4.69) is 0 Å². The van der Waals surface area contributed by atoms with Gasteiger partial charge >= 0.3 is 0 Å². The molecule has 0 saturated heterocycles. The van der Waals surface area contributed by atoms with Crippen LogP contribution in [0.5, 0.6) is 5.75 Å². The Hall–Kier alpha value is -1.96. The van der Waals surface area contributed by atoms with Crippen molar-refractivity contribution in [1.82, 2.24) is 0 Å². The molecule has 0 aromatic heterocycles. The van der Waals surface area contributed by atoms with E-state index in [0.29, 0.717) is 6.07 Å². The number of halogens is 2. The van der Waals surface area contributed by atoms with Crippen molar-refractivity contribution in [2.75, 3.05) is 7.11 Å². The van der Waals surface area contributed by atoms with E-state index in [1.54, 1.807) is 0 Å². The van der Waals surface area contributed by atoms with E-state index in [-0.39, 0.29) is 29.9 Å². The molecule has 1 fully saturated rings. The molecule has 0 amide bonds. The molecule has 3 nitrogen and oxygen atoms in total. The van der Waals surface area contributed by atoms with Crippen LogP contribution in [0.2, 0.25) is 0 Å². The summed E-state index contributed by atoms with van der Waals surface area (Å²) in [5.74, 6) is -1.77. The maximum Gasteiger partial charge on any atom is 0.136 e. The Morgan fingerprint density at radius 2 is 2.06 bits per heavy atom. The number of methoxy groups -OCH3 is 1. The van der Waals surface area contributed by atoms with Crippen LogP contribution in [0.15, 0.2) is 12.1 Å². The highest BCUT2D eigenvalue weighted by molar-refractivity contribution is 5.90. The molecule has 2 rings (SSSR count). The normalized spacial score (nSPS) is 17.2. The Morgan fingerprint density at radius 3 is 2.53 bits per heavy atom. The van der Waals surface area contributed by atoms with Gasteiger partial charge in [-0.3, -0.25) is 4.79 Å². The molecule has 1 aliphatic rings. The molecule has 1 aliphatic carbocycles. The number of nitriles is 1. The molecule has 0 bridgehead atoms. The molecule has 17 heavy (non-hydrogen) atoms. The molecular weight excluding hydrogens is 228 g/mol. The van der Waals surface area contributed by atoms with Gasteiger partial charge in [0.1, 0.15) is 28.6 Å². The van der Waals surface area contributed by atoms with Gasteiger partial charge in [-0.15, -0.1) is 0 Å². The number of benzene rings is 1. The lowest BCUT2D eigenvalue weighted by atomic mass is 9.64. The van der Waals surface area contributed by atoms with Crippen LogP contribution < -0.4 is 4.74 Å². The van der Waals surface area contributed by atoms with E-state index in [4.69, 9.17) is 10.00 Å². The van der Waals surface area contributed by atoms with E-state index in [9.17, 15) is 13.6 Å². The van der Waals surface area contributed by atoms with E-state index < -0.39 is 17.0 Å². The summed E-state index contributed by atoms with van der Waals surface area (Å²) in [7, 11) is 1.27. The molecule has 0 radical (unpaired) electrons. The second kappa shape index (κ2) is 3.81. The SMILES string of the molecule is COc1cc(F)cc(F)c1C1(C#N)CC(=O)C1. The molecular formula is C12H9F2NO2. The summed E-state index contributed by atoms with van der Waals surface area (Å²) in [5, 5.41) is 9.10. The average molecular weight is 237 g/mol. The van der Waals surface area contributed by atoms with Gasteiger partial charge in [-0.1, -0.05) is 0 Å². The van der Waals surface area contributed by atoms with Gasteiger partial charge in [0, 0.05) is 25.0 Å². The summed E-state index contributed by atoms with van der Waals surface area (Å²) < 4.78 is 31.6. The molecule has 5 heteroatoms. The van der Waals surface area contributed by atoms with Crippen LogP contribution in [0, 0.1) is 23.0 Å². The van der Waals surface area contributed by atoms with Gasteiger partial charge in [-0.05, 0) is 0 Å². The molecule has 1 aromatic rings. The number of ether oxygens (including phenoxy) is 1. The molecule has 88 valence electrons. The van der Waals surface area contributed by atoms with Crippen molar-refractivity contribution in [3.05, 3.63) is 29.3 Å². The smallest absolute Gasteiger partial charge is 0.136 e. The minimum Gasteiger partial charge on any atom is -0.496 e. The number of hydrogen-bond donors (Lipinski definition) is 0. The van der Waals surface area contributed by atoms with Gasteiger partial charge in [-0.25, -0.2) is 8.78 Å². The maximum absolute atomic E-state index is 13.7. The van der Waals surface area contributed by atoms with Gasteiger partial charge in [0.25, 0.3) is 0 Å². The number of rotatable bonds is 2. The van der Waals surface area contributed by atoms with Crippen molar-refractivity contribution < 1.29 is 18.3 Å². The maximum atomic E-state index is 13.7. The number of carbonyl (C=O) groups is 1. The summed E-state index contributed by atoms with van der Waals surface area (Å²) in [6.45, 7) is 0. The van der Waals surface area contributed by atoms with Gasteiger partial charge in [-0.2, -0.15) is 5.26 Å². The van der Waals surface area contributed by atoms with Crippen LogP contribution in [-0.2, 0) is 10.2 Å². The first kappa shape index (κ1) is 11.5. The largest absolute Gasteiger partial charge is 0.496 e. The number of ketones is 1. The van der Waals surface area contributed by atoms with E-state index in [1.807, 2.05) is 6.07 Å². The summed E-state index contributed by atoms with van der Waals surface area (Å²) in [6, 6.07) is 3.64. The predicted octanol–water partition coefficient (Wildman–Crippen LogP) is 2.10. The molecule has 0 heterocycles. The van der Waals surface area contributed by atoms with E-state index >= 15 is 0 Å². The van der Waals surface area contributed by atoms with Crippen molar-refractivity contribution in [2.24, 2.45) is 0 Å². The zero-order valence-electron chi connectivity index (χ0n) is 9.09. The second-order valence-corrected chi connectivity index (χ2v) is 4.05. The lowest BCUT2D eigenvalue weighted by molar-refractivity contribution is -0.126. The third kappa shape index (κ3) is 1.66. The highest BCUT2D eigenvalue weighted by Gasteiger charge is 2.49. The molecule has 1 aromatic carbocycles. The van der Waals surface area contributed by atoms with Crippen molar-refractivity contribution in [2.45, 2.75) is 18.3 Å². The number of Topliss-reactive ketones (excluding diaryl/α,β-unsaturated/α-hetero) is 1. The molecule has 0 atom stereocenters. The number of hydrogen-bond acceptors (Lipinski definition) is 3. The van der Waals surface area contributed by atoms with Gasteiger partial charge in [0.15, 0.2) is 0 Å². The Bertz CT molecular complexity index is 526. The first-order chi connectivity index (χ1) is 8.02. The standard InChI is InChI=1S/C12H9F2NO2/c1-17-10-3-7(13)2-9(14)11(10)12(6-15)4-8(16)5-12/h2-3H,4-5H2,1H3. The number of carbonyl (C=O) groups excluding carboxylic acids is 1. The fraction of sp³-hybridized carbons (Fsp3) is 0.333. The topological polar surface area (TPSA) is 50.1 Å². The predicted molar refractivity (Wildman–Crippen MR) is 54.4 cm³/mol. The summed E-state index contributed by atoms with van der Waals surface area (Å²) >= 11 is 0. The highest BCUT2D eigenvalue weighted by atomic mass is 19.1. The van der Waals surface area contributed by atoms with Crippen molar-refractivity contribution >= 4 is 5.78 Å². The Labute approximate surface area is 96.6 Å². The lowest BCUT2D eigenvalue weighted by Crippen LogP contribution is -2.41. The quantitative estimate of drug-likeness (QED) is 0.791. The van der Waals surface area contributed by atoms with Crippen LogP contribution in [0.1, 0.15) is 18.4 Å². The highest BCUT2D eigenvalue weighted by Crippen LogP contribution is 2.46. The minimum absolute atomic E-state index is 0.0245. The molecule has 0 aliphatic heterocycles. The van der Waals surface area contributed by atoms with Crippen molar-refractivity contribution in [3.63, 3.8) is 0 Å². The fourth-order valence-electron chi connectivity index (χ4n) is 2.11. The Morgan fingerprint density at radius 1 is 1.41 bits per heavy atom. The Kier molecular flexibility index (Phi) is 2.58. The van der Waals surface area contributed by atoms with Gasteiger partial charge in [0.2, 0.25) is 0 Å². The third-order valence-corrected chi connectivity index (χ3v) is 2.93. The zero-order valence-corrected chi connectivity index (χ0v) is 9.09. The van der Waals surface area contributed by atoms with Gasteiger partial charge in [0.05, 0.1) is 18.7 Å². The molecule has 0 spiro atoms. The summed E-state index contributed by atoms with van der Waals surface area (Å²) in [5.41, 5.74) is -1.23. The summed E-state index contributed by atoms with van der Waals surface area (Å²) in [4.78, 5) is 11.0. The summed E-state index contributed by atoms with van der Waals surface area (Å²) in [6.07, 6.45) is -0.106. The molecule has 0 N–H and O–H groups in total. The van der Waals surface area contributed by atoms with Crippen LogP contribution >= 0.6 is 0 Å². The van der Waals surface area contributed by atoms with Crippen molar-refractivity contribution in [3.8, 4) is 11.8 Å². The zero-order chi connectivity index (χ0) is 12.6. The van der Waals surface area contributed by atoms with Crippen LogP contribution in [-0.4, -0.2) is 12.9 Å². The molecule has 0 unspecified atom stereocenters. The van der Waals surface area contributed by atoms with Crippen molar-refractivity contribution in [1.29, 1.82) is 5.26 Å². The van der Waals surface area contributed by atoms with Gasteiger partial charge < -0.3 is 4.74 Å². The average Bonchev–Trinajstić information content (AvgIpc) is 2.24. The van der Waals surface area contributed by atoms with Crippen LogP contribution in [0.4, 0.5) is 8.78 Å². The van der Waals surface area contributed by atoms with Crippen LogP contribution in [0.3, 0.4) is 0 Å². The second-order valence-electron chi connectivity index (χ2n) is 4.05. The first-order valence-corrected chi connectivity index (χ1v) is 4.99.